The van der Waals surface area contributed by atoms with Crippen molar-refractivity contribution in [2.24, 2.45) is 0 Å². The van der Waals surface area contributed by atoms with Gasteiger partial charge in [0.1, 0.15) is 0 Å². The number of nitrogens with zero attached hydrogens (tertiary/aromatic N) is 2. The van der Waals surface area contributed by atoms with E-state index in [1.54, 1.807) is 0 Å². The van der Waals surface area contributed by atoms with Crippen LogP contribution in [-0.2, 0) is 11.3 Å². The number of rotatable bonds is 8. The lowest BCUT2D eigenvalue weighted by Crippen LogP contribution is -2.37. The molecule has 4 heteroatoms. The van der Waals surface area contributed by atoms with Gasteiger partial charge in [-0.05, 0) is 26.3 Å². The molecular weight excluding hydrogens is 264 g/mol. The van der Waals surface area contributed by atoms with E-state index < -0.39 is 6.10 Å². The molecule has 0 aliphatic carbocycles. The topological polar surface area (TPSA) is 56.5 Å². The summed E-state index contributed by atoms with van der Waals surface area (Å²) >= 11 is 0. The van der Waals surface area contributed by atoms with Gasteiger partial charge in [0, 0.05) is 26.1 Å². The van der Waals surface area contributed by atoms with Crippen molar-refractivity contribution < 1.29 is 9.84 Å². The maximum absolute atomic E-state index is 10.1. The molecule has 0 saturated heterocycles. The molecule has 0 aliphatic rings. The molecule has 0 heterocycles. The molecule has 1 N–H and O–H groups in total. The summed E-state index contributed by atoms with van der Waals surface area (Å²) in [5, 5.41) is 18.9. The van der Waals surface area contributed by atoms with E-state index in [9.17, 15) is 5.11 Å². The monoisotopic (exact) mass is 290 g/mol. The molecule has 0 aliphatic heterocycles. The van der Waals surface area contributed by atoms with Crippen molar-refractivity contribution in [3.05, 3.63) is 35.9 Å². The van der Waals surface area contributed by atoms with Gasteiger partial charge in [0.05, 0.1) is 24.4 Å². The van der Waals surface area contributed by atoms with Crippen molar-refractivity contribution >= 4 is 0 Å². The second kappa shape index (κ2) is 8.78. The Bertz CT molecular complexity index is 434. The lowest BCUT2D eigenvalue weighted by atomic mass is 10.2. The molecule has 0 radical (unpaired) electrons. The average molecular weight is 290 g/mol. The predicted molar refractivity (Wildman–Crippen MR) is 83.7 cm³/mol. The summed E-state index contributed by atoms with van der Waals surface area (Å²) in [6.45, 7) is 8.10. The largest absolute Gasteiger partial charge is 0.389 e. The van der Waals surface area contributed by atoms with Gasteiger partial charge >= 0.3 is 0 Å². The second-order valence-corrected chi connectivity index (χ2v) is 6.21. The number of nitriles is 1. The Morgan fingerprint density at radius 2 is 1.95 bits per heavy atom. The highest BCUT2D eigenvalue weighted by atomic mass is 16.5. The van der Waals surface area contributed by atoms with Gasteiger partial charge < -0.3 is 9.84 Å². The summed E-state index contributed by atoms with van der Waals surface area (Å²) in [6.07, 6.45) is -0.0914. The van der Waals surface area contributed by atoms with E-state index in [0.29, 0.717) is 26.1 Å². The van der Waals surface area contributed by atoms with Gasteiger partial charge in [0.15, 0.2) is 0 Å². The summed E-state index contributed by atoms with van der Waals surface area (Å²) in [4.78, 5) is 2.09. The summed E-state index contributed by atoms with van der Waals surface area (Å²) in [5.74, 6) is 0. The number of ether oxygens (including phenoxy) is 1. The molecule has 1 rings (SSSR count). The molecule has 21 heavy (non-hydrogen) atoms. The van der Waals surface area contributed by atoms with Crippen LogP contribution < -0.4 is 0 Å². The minimum Gasteiger partial charge on any atom is -0.389 e. The summed E-state index contributed by atoms with van der Waals surface area (Å²) in [7, 11) is 0. The van der Waals surface area contributed by atoms with Crippen molar-refractivity contribution in [1.29, 1.82) is 5.26 Å². The number of aliphatic hydroxyl groups excluding tert-OH is 1. The van der Waals surface area contributed by atoms with E-state index in [-0.39, 0.29) is 5.60 Å². The Labute approximate surface area is 128 Å². The van der Waals surface area contributed by atoms with E-state index in [1.807, 2.05) is 39.0 Å². The van der Waals surface area contributed by atoms with Gasteiger partial charge in [-0.15, -0.1) is 0 Å². The van der Waals surface area contributed by atoms with Crippen LogP contribution in [0.5, 0.6) is 0 Å². The minimum atomic E-state index is -0.549. The van der Waals surface area contributed by atoms with E-state index in [0.717, 1.165) is 6.54 Å². The molecule has 116 valence electrons. The lowest BCUT2D eigenvalue weighted by molar-refractivity contribution is -0.0565. The molecule has 1 atom stereocenters. The Morgan fingerprint density at radius 1 is 1.29 bits per heavy atom. The first-order chi connectivity index (χ1) is 9.90. The van der Waals surface area contributed by atoms with Gasteiger partial charge in [-0.1, -0.05) is 30.3 Å². The molecule has 0 bridgehead atoms. The maximum atomic E-state index is 10.1. The second-order valence-electron chi connectivity index (χ2n) is 6.21. The van der Waals surface area contributed by atoms with Crippen LogP contribution in [-0.4, -0.2) is 41.4 Å². The van der Waals surface area contributed by atoms with Gasteiger partial charge in [-0.25, -0.2) is 0 Å². The standard InChI is InChI=1S/C17H26N2O2/c1-17(2,3)21-14-16(20)13-19(11-7-10-18)12-15-8-5-4-6-9-15/h4-6,8-9,16,20H,7,11-14H2,1-3H3. The van der Waals surface area contributed by atoms with Crippen molar-refractivity contribution in [3.63, 3.8) is 0 Å². The first-order valence-electron chi connectivity index (χ1n) is 7.36. The quantitative estimate of drug-likeness (QED) is 0.799. The van der Waals surface area contributed by atoms with E-state index >= 15 is 0 Å². The third-order valence-corrected chi connectivity index (χ3v) is 2.97. The van der Waals surface area contributed by atoms with Gasteiger partial charge in [-0.2, -0.15) is 5.26 Å². The highest BCUT2D eigenvalue weighted by molar-refractivity contribution is 5.14. The fourth-order valence-electron chi connectivity index (χ4n) is 1.98. The van der Waals surface area contributed by atoms with Crippen molar-refractivity contribution in [2.75, 3.05) is 19.7 Å². The van der Waals surface area contributed by atoms with Crippen LogP contribution in [0.15, 0.2) is 30.3 Å². The molecule has 0 aromatic heterocycles. The molecule has 0 spiro atoms. The first-order valence-corrected chi connectivity index (χ1v) is 7.36. The van der Waals surface area contributed by atoms with E-state index in [4.69, 9.17) is 10.00 Å². The normalized spacial score (nSPS) is 13.1. The Morgan fingerprint density at radius 3 is 2.52 bits per heavy atom. The number of hydrogen-bond donors (Lipinski definition) is 1. The Balaban J connectivity index is 2.51. The van der Waals surface area contributed by atoms with Crippen LogP contribution in [0.2, 0.25) is 0 Å². The van der Waals surface area contributed by atoms with Crippen LogP contribution >= 0.6 is 0 Å². The summed E-state index contributed by atoms with van der Waals surface area (Å²) in [6, 6.07) is 12.2. The van der Waals surface area contributed by atoms with Crippen LogP contribution in [0.25, 0.3) is 0 Å². The van der Waals surface area contributed by atoms with Crippen LogP contribution in [0.1, 0.15) is 32.8 Å². The highest BCUT2D eigenvalue weighted by Crippen LogP contribution is 2.09. The molecular formula is C17H26N2O2. The van der Waals surface area contributed by atoms with Crippen molar-refractivity contribution in [1.82, 2.24) is 4.90 Å². The average Bonchev–Trinajstić information content (AvgIpc) is 2.43. The Kier molecular flexibility index (Phi) is 7.38. The zero-order chi connectivity index (χ0) is 15.7. The molecule has 0 saturated carbocycles. The molecule has 0 fully saturated rings. The Hall–Kier alpha value is -1.41. The molecule has 1 aromatic rings. The summed E-state index contributed by atoms with van der Waals surface area (Å²) in [5.41, 5.74) is 0.928. The fourth-order valence-corrected chi connectivity index (χ4v) is 1.98. The lowest BCUT2D eigenvalue weighted by Gasteiger charge is -2.27. The highest BCUT2D eigenvalue weighted by Gasteiger charge is 2.16. The number of hydrogen-bond acceptors (Lipinski definition) is 4. The predicted octanol–water partition coefficient (Wildman–Crippen LogP) is 2.58. The van der Waals surface area contributed by atoms with Crippen molar-refractivity contribution in [2.45, 2.75) is 45.4 Å². The van der Waals surface area contributed by atoms with Crippen molar-refractivity contribution in [3.8, 4) is 6.07 Å². The fraction of sp³-hybridized carbons (Fsp3) is 0.588. The minimum absolute atomic E-state index is 0.252. The molecule has 1 unspecified atom stereocenters. The van der Waals surface area contributed by atoms with Gasteiger partial charge in [-0.3, -0.25) is 4.90 Å². The van der Waals surface area contributed by atoms with E-state index in [1.165, 1.54) is 5.56 Å². The molecule has 0 amide bonds. The van der Waals surface area contributed by atoms with E-state index in [2.05, 4.69) is 23.1 Å². The third-order valence-electron chi connectivity index (χ3n) is 2.97. The van der Waals surface area contributed by atoms with Gasteiger partial charge in [0.2, 0.25) is 0 Å². The first kappa shape index (κ1) is 17.6. The van der Waals surface area contributed by atoms with Crippen LogP contribution in [0.3, 0.4) is 0 Å². The van der Waals surface area contributed by atoms with Crippen LogP contribution in [0.4, 0.5) is 0 Å². The third kappa shape index (κ3) is 8.46. The zero-order valence-corrected chi connectivity index (χ0v) is 13.2. The molecule has 4 nitrogen and oxygen atoms in total. The number of aliphatic hydroxyl groups is 1. The van der Waals surface area contributed by atoms with Crippen LogP contribution in [0, 0.1) is 11.3 Å². The summed E-state index contributed by atoms with van der Waals surface area (Å²) < 4.78 is 5.61. The molecule has 1 aromatic carbocycles. The number of benzene rings is 1. The smallest absolute Gasteiger partial charge is 0.0900 e. The maximum Gasteiger partial charge on any atom is 0.0900 e. The SMILES string of the molecule is CC(C)(C)OCC(O)CN(CCC#N)Cc1ccccc1. The zero-order valence-electron chi connectivity index (χ0n) is 13.2. The van der Waals surface area contributed by atoms with Gasteiger partial charge in [0.25, 0.3) is 0 Å².